The van der Waals surface area contributed by atoms with E-state index in [1.807, 2.05) is 18.2 Å². The van der Waals surface area contributed by atoms with Crippen LogP contribution in [-0.2, 0) is 13.0 Å². The molecule has 5 nitrogen and oxygen atoms in total. The average molecular weight is 286 g/mol. The van der Waals surface area contributed by atoms with Gasteiger partial charge in [0.2, 0.25) is 0 Å². The van der Waals surface area contributed by atoms with Crippen LogP contribution < -0.4 is 4.74 Å². The second kappa shape index (κ2) is 5.15. The highest BCUT2D eigenvalue weighted by molar-refractivity contribution is 5.42. The van der Waals surface area contributed by atoms with E-state index in [0.29, 0.717) is 11.8 Å². The van der Waals surface area contributed by atoms with Crippen LogP contribution >= 0.6 is 0 Å². The first-order valence-corrected chi connectivity index (χ1v) is 7.56. The molecule has 0 radical (unpaired) electrons. The van der Waals surface area contributed by atoms with Gasteiger partial charge in [0.05, 0.1) is 6.10 Å². The molecule has 0 aliphatic heterocycles. The molecule has 1 atom stereocenters. The lowest BCUT2D eigenvalue weighted by Gasteiger charge is -2.23. The topological polar surface area (TPSA) is 68.4 Å². The van der Waals surface area contributed by atoms with E-state index in [1.54, 1.807) is 0 Å². The van der Waals surface area contributed by atoms with Gasteiger partial charge in [-0.2, -0.15) is 4.98 Å². The summed E-state index contributed by atoms with van der Waals surface area (Å²) in [5.74, 6) is 2.63. The van der Waals surface area contributed by atoms with Crippen LogP contribution in [0.15, 0.2) is 22.7 Å². The van der Waals surface area contributed by atoms with Crippen LogP contribution in [0.5, 0.6) is 5.75 Å². The van der Waals surface area contributed by atoms with E-state index >= 15 is 0 Å². The van der Waals surface area contributed by atoms with Gasteiger partial charge in [0.25, 0.3) is 5.89 Å². The van der Waals surface area contributed by atoms with Crippen LogP contribution in [0.4, 0.5) is 0 Å². The van der Waals surface area contributed by atoms with Crippen molar-refractivity contribution in [1.29, 1.82) is 0 Å². The van der Waals surface area contributed by atoms with E-state index in [2.05, 4.69) is 10.1 Å². The monoisotopic (exact) mass is 286 g/mol. The minimum absolute atomic E-state index is 0.284. The summed E-state index contributed by atoms with van der Waals surface area (Å²) in [5, 5.41) is 14.0. The average Bonchev–Trinajstić information content (AvgIpc) is 3.25. The number of fused-ring (bicyclic) bond motifs is 1. The summed E-state index contributed by atoms with van der Waals surface area (Å²) in [6.45, 7) is 0.284. The maximum atomic E-state index is 10.0. The van der Waals surface area contributed by atoms with Crippen molar-refractivity contribution in [2.24, 2.45) is 0 Å². The van der Waals surface area contributed by atoms with Crippen molar-refractivity contribution in [3.05, 3.63) is 41.0 Å². The number of hydrogen-bond acceptors (Lipinski definition) is 5. The zero-order valence-corrected chi connectivity index (χ0v) is 11.8. The van der Waals surface area contributed by atoms with E-state index in [4.69, 9.17) is 9.26 Å². The van der Waals surface area contributed by atoms with Gasteiger partial charge in [-0.1, -0.05) is 17.3 Å². The summed E-state index contributed by atoms with van der Waals surface area (Å²) in [6, 6.07) is 5.84. The normalized spacial score (nSPS) is 21.1. The number of aliphatic hydroxyl groups excluding tert-OH is 1. The first-order valence-electron chi connectivity index (χ1n) is 7.56. The molecule has 0 bridgehead atoms. The number of aromatic nitrogens is 2. The Balaban J connectivity index is 1.50. The van der Waals surface area contributed by atoms with Crippen molar-refractivity contribution in [3.8, 4) is 5.75 Å². The van der Waals surface area contributed by atoms with Crippen LogP contribution in [0.1, 0.15) is 60.5 Å². The molecule has 1 N–H and O–H groups in total. The summed E-state index contributed by atoms with van der Waals surface area (Å²) < 4.78 is 11.1. The van der Waals surface area contributed by atoms with Crippen LogP contribution in [0.2, 0.25) is 0 Å². The molecule has 2 aromatic rings. The second-order valence-corrected chi connectivity index (χ2v) is 5.84. The number of rotatable bonds is 4. The minimum atomic E-state index is -0.373. The predicted molar refractivity (Wildman–Crippen MR) is 74.9 cm³/mol. The molecular formula is C16H18N2O3. The Bertz CT molecular complexity index is 649. The Morgan fingerprint density at radius 1 is 1.29 bits per heavy atom. The molecule has 2 aliphatic rings. The summed E-state index contributed by atoms with van der Waals surface area (Å²) >= 11 is 0. The van der Waals surface area contributed by atoms with Crippen molar-refractivity contribution in [1.82, 2.24) is 10.1 Å². The summed E-state index contributed by atoms with van der Waals surface area (Å²) in [6.07, 6.45) is 4.70. The number of aliphatic hydroxyl groups is 1. The molecule has 1 fully saturated rings. The fourth-order valence-electron chi connectivity index (χ4n) is 2.90. The van der Waals surface area contributed by atoms with E-state index in [-0.39, 0.29) is 12.7 Å². The zero-order valence-electron chi connectivity index (χ0n) is 11.8. The molecule has 0 unspecified atom stereocenters. The third-order valence-corrected chi connectivity index (χ3v) is 4.21. The van der Waals surface area contributed by atoms with Crippen LogP contribution in [0, 0.1) is 0 Å². The first-order chi connectivity index (χ1) is 10.3. The second-order valence-electron chi connectivity index (χ2n) is 5.84. The third kappa shape index (κ3) is 2.53. The summed E-state index contributed by atoms with van der Waals surface area (Å²) in [5.41, 5.74) is 2.10. The van der Waals surface area contributed by atoms with Crippen molar-refractivity contribution in [2.75, 3.05) is 0 Å². The smallest absolute Gasteiger partial charge is 0.264 e. The maximum Gasteiger partial charge on any atom is 0.264 e. The highest BCUT2D eigenvalue weighted by Crippen LogP contribution is 2.38. The van der Waals surface area contributed by atoms with Gasteiger partial charge in [0, 0.05) is 5.92 Å². The van der Waals surface area contributed by atoms with Gasteiger partial charge in [-0.05, 0) is 49.3 Å². The number of ether oxygens (including phenoxy) is 1. The Hall–Kier alpha value is -1.88. The molecule has 1 heterocycles. The molecule has 0 saturated heterocycles. The molecule has 21 heavy (non-hydrogen) atoms. The molecule has 1 aromatic carbocycles. The quantitative estimate of drug-likeness (QED) is 0.936. The van der Waals surface area contributed by atoms with E-state index in [0.717, 1.165) is 54.8 Å². The number of nitrogens with zero attached hydrogens (tertiary/aromatic N) is 2. The predicted octanol–water partition coefficient (Wildman–Crippen LogP) is 2.90. The fraction of sp³-hybridized carbons (Fsp3) is 0.500. The largest absolute Gasteiger partial charge is 0.483 e. The van der Waals surface area contributed by atoms with Crippen molar-refractivity contribution < 1.29 is 14.4 Å². The molecule has 1 aromatic heterocycles. The Morgan fingerprint density at radius 3 is 3.05 bits per heavy atom. The fourth-order valence-corrected chi connectivity index (χ4v) is 2.90. The van der Waals surface area contributed by atoms with Crippen molar-refractivity contribution in [2.45, 2.75) is 50.7 Å². The number of hydrogen-bond donors (Lipinski definition) is 1. The van der Waals surface area contributed by atoms with Gasteiger partial charge < -0.3 is 14.4 Å². The lowest BCUT2D eigenvalue weighted by Crippen LogP contribution is -2.11. The highest BCUT2D eigenvalue weighted by atomic mass is 16.5. The van der Waals surface area contributed by atoms with Gasteiger partial charge in [-0.25, -0.2) is 0 Å². The first kappa shape index (κ1) is 12.8. The molecular weight excluding hydrogens is 268 g/mol. The highest BCUT2D eigenvalue weighted by Gasteiger charge is 2.29. The van der Waals surface area contributed by atoms with E-state index in [1.165, 1.54) is 0 Å². The molecule has 110 valence electrons. The van der Waals surface area contributed by atoms with E-state index in [9.17, 15) is 5.11 Å². The summed E-state index contributed by atoms with van der Waals surface area (Å²) in [4.78, 5) is 4.36. The molecule has 4 rings (SSSR count). The van der Waals surface area contributed by atoms with Crippen LogP contribution in [0.3, 0.4) is 0 Å². The molecule has 1 saturated carbocycles. The van der Waals surface area contributed by atoms with Gasteiger partial charge in [-0.15, -0.1) is 0 Å². The summed E-state index contributed by atoms with van der Waals surface area (Å²) in [7, 11) is 0. The molecule has 0 spiro atoms. The standard InChI is InChI=1S/C16H18N2O3/c19-13-5-1-4-12-11(13)3-2-6-14(12)20-9-15-17-16(18-21-15)10-7-8-10/h2-3,6,10,13,19H,1,4-5,7-9H2/t13-/m0/s1. The lowest BCUT2D eigenvalue weighted by atomic mass is 9.89. The maximum absolute atomic E-state index is 10.0. The van der Waals surface area contributed by atoms with Crippen molar-refractivity contribution in [3.63, 3.8) is 0 Å². The third-order valence-electron chi connectivity index (χ3n) is 4.21. The Labute approximate surface area is 122 Å². The van der Waals surface area contributed by atoms with Gasteiger partial charge in [-0.3, -0.25) is 0 Å². The van der Waals surface area contributed by atoms with Crippen molar-refractivity contribution >= 4 is 0 Å². The Kier molecular flexibility index (Phi) is 3.15. The number of benzene rings is 1. The Morgan fingerprint density at radius 2 is 2.19 bits per heavy atom. The lowest BCUT2D eigenvalue weighted by molar-refractivity contribution is 0.154. The van der Waals surface area contributed by atoms with Crippen LogP contribution in [0.25, 0.3) is 0 Å². The molecule has 0 amide bonds. The van der Waals surface area contributed by atoms with Gasteiger partial charge in [0.15, 0.2) is 12.4 Å². The molecule has 5 heteroatoms. The van der Waals surface area contributed by atoms with E-state index < -0.39 is 0 Å². The molecule has 2 aliphatic carbocycles. The minimum Gasteiger partial charge on any atom is -0.483 e. The SMILES string of the molecule is O[C@H]1CCCc2c(OCc3nc(C4CC4)no3)cccc21. The van der Waals surface area contributed by atoms with Gasteiger partial charge >= 0.3 is 0 Å². The zero-order chi connectivity index (χ0) is 14.2. The van der Waals surface area contributed by atoms with Gasteiger partial charge in [0.1, 0.15) is 5.75 Å². The van der Waals surface area contributed by atoms with Crippen LogP contribution in [-0.4, -0.2) is 15.2 Å².